The van der Waals surface area contributed by atoms with Crippen LogP contribution >= 0.6 is 0 Å². The quantitative estimate of drug-likeness (QED) is 0.847. The van der Waals surface area contributed by atoms with Crippen molar-refractivity contribution >= 4 is 21.6 Å². The number of hydrogen-bond donors (Lipinski definition) is 1. The number of nitrogens with one attached hydrogen (secondary N) is 1. The van der Waals surface area contributed by atoms with Crippen molar-refractivity contribution in [1.82, 2.24) is 4.31 Å². The van der Waals surface area contributed by atoms with Gasteiger partial charge in [-0.1, -0.05) is 12.1 Å². The highest BCUT2D eigenvalue weighted by atomic mass is 32.2. The van der Waals surface area contributed by atoms with Crippen molar-refractivity contribution in [2.45, 2.75) is 6.54 Å². The summed E-state index contributed by atoms with van der Waals surface area (Å²) in [5, 5.41) is 2.13. The summed E-state index contributed by atoms with van der Waals surface area (Å²) in [6.07, 6.45) is 0.909. The topological polar surface area (TPSA) is 66.5 Å². The van der Waals surface area contributed by atoms with Gasteiger partial charge in [0.15, 0.2) is 0 Å². The first-order valence-corrected chi connectivity index (χ1v) is 8.94. The Morgan fingerprint density at radius 1 is 1.04 bits per heavy atom. The first kappa shape index (κ1) is 18.9. The third-order valence-electron chi connectivity index (χ3n) is 3.26. The Morgan fingerprint density at radius 3 is 2.24 bits per heavy atom. The van der Waals surface area contributed by atoms with Gasteiger partial charge in [-0.15, -0.1) is 0 Å². The summed E-state index contributed by atoms with van der Waals surface area (Å²) >= 11 is 0. The molecule has 2 aromatic carbocycles. The minimum absolute atomic E-state index is 0.168. The van der Waals surface area contributed by atoms with E-state index in [4.69, 9.17) is 0 Å². The Balaban J connectivity index is 2.12. The van der Waals surface area contributed by atoms with E-state index in [1.54, 1.807) is 0 Å². The van der Waals surface area contributed by atoms with Crippen molar-refractivity contribution in [3.63, 3.8) is 0 Å². The fourth-order valence-electron chi connectivity index (χ4n) is 2.03. The van der Waals surface area contributed by atoms with E-state index >= 15 is 0 Å². The number of nitrogens with zero attached hydrogens (tertiary/aromatic N) is 1. The molecule has 0 unspecified atom stereocenters. The van der Waals surface area contributed by atoms with Crippen LogP contribution < -0.4 is 5.32 Å². The first-order valence-electron chi connectivity index (χ1n) is 7.09. The standard InChI is InChI=1S/C16H15F3N2O3S/c1-25(23,24)21(9-11-2-4-12(17)5-3-11)10-16(22)20-15-8-13(18)6-7-14(15)19/h2-8H,9-10H2,1H3,(H,20,22). The lowest BCUT2D eigenvalue weighted by molar-refractivity contribution is -0.116. The van der Waals surface area contributed by atoms with Crippen LogP contribution in [0.15, 0.2) is 42.5 Å². The number of carbonyl (C=O) groups excluding carboxylic acids is 1. The molecular formula is C16H15F3N2O3S. The van der Waals surface area contributed by atoms with Gasteiger partial charge in [-0.2, -0.15) is 4.31 Å². The van der Waals surface area contributed by atoms with Crippen molar-refractivity contribution in [2.75, 3.05) is 18.1 Å². The van der Waals surface area contributed by atoms with Gasteiger partial charge < -0.3 is 5.32 Å². The van der Waals surface area contributed by atoms with Crippen LogP contribution in [0.1, 0.15) is 5.56 Å². The molecule has 2 rings (SSSR count). The van der Waals surface area contributed by atoms with E-state index in [2.05, 4.69) is 5.32 Å². The second kappa shape index (κ2) is 7.66. The fourth-order valence-corrected chi connectivity index (χ4v) is 2.76. The number of carbonyl (C=O) groups is 1. The molecule has 9 heteroatoms. The number of amides is 1. The van der Waals surface area contributed by atoms with Crippen LogP contribution in [-0.2, 0) is 21.4 Å². The van der Waals surface area contributed by atoms with Crippen molar-refractivity contribution < 1.29 is 26.4 Å². The van der Waals surface area contributed by atoms with Crippen LogP contribution in [0.3, 0.4) is 0 Å². The molecule has 2 aromatic rings. The maximum absolute atomic E-state index is 13.5. The molecule has 0 aliphatic carbocycles. The molecule has 0 atom stereocenters. The molecular weight excluding hydrogens is 357 g/mol. The molecule has 0 aliphatic rings. The van der Waals surface area contributed by atoms with Gasteiger partial charge in [-0.25, -0.2) is 21.6 Å². The van der Waals surface area contributed by atoms with Crippen molar-refractivity contribution in [2.24, 2.45) is 0 Å². The summed E-state index contributed by atoms with van der Waals surface area (Å²) in [4.78, 5) is 12.0. The minimum Gasteiger partial charge on any atom is -0.322 e. The largest absolute Gasteiger partial charge is 0.322 e. The van der Waals surface area contributed by atoms with Gasteiger partial charge >= 0.3 is 0 Å². The lowest BCUT2D eigenvalue weighted by atomic mass is 10.2. The van der Waals surface area contributed by atoms with E-state index in [9.17, 15) is 26.4 Å². The molecule has 0 bridgehead atoms. The average Bonchev–Trinajstić information content (AvgIpc) is 2.51. The zero-order valence-electron chi connectivity index (χ0n) is 13.2. The Kier molecular flexibility index (Phi) is 5.81. The maximum atomic E-state index is 13.5. The van der Waals surface area contributed by atoms with Crippen LogP contribution in [0.25, 0.3) is 0 Å². The zero-order valence-corrected chi connectivity index (χ0v) is 14.0. The number of halogens is 3. The molecule has 1 amide bonds. The predicted molar refractivity (Wildman–Crippen MR) is 86.6 cm³/mol. The van der Waals surface area contributed by atoms with Gasteiger partial charge in [-0.05, 0) is 29.8 Å². The minimum atomic E-state index is -3.77. The first-order chi connectivity index (χ1) is 11.6. The lowest BCUT2D eigenvalue weighted by Gasteiger charge is -2.19. The molecule has 0 fully saturated rings. The SMILES string of the molecule is CS(=O)(=O)N(CC(=O)Nc1cc(F)ccc1F)Cc1ccc(F)cc1. The summed E-state index contributed by atoms with van der Waals surface area (Å²) in [5.41, 5.74) is 0.0804. The number of hydrogen-bond acceptors (Lipinski definition) is 3. The van der Waals surface area contributed by atoms with E-state index < -0.39 is 39.9 Å². The fraction of sp³-hybridized carbons (Fsp3) is 0.188. The number of benzene rings is 2. The van der Waals surface area contributed by atoms with Crippen LogP contribution in [-0.4, -0.2) is 31.4 Å². The van der Waals surface area contributed by atoms with Crippen LogP contribution in [0, 0.1) is 17.5 Å². The number of anilines is 1. The third-order valence-corrected chi connectivity index (χ3v) is 4.46. The van der Waals surface area contributed by atoms with Gasteiger partial charge in [0.05, 0.1) is 18.5 Å². The molecule has 0 saturated carbocycles. The average molecular weight is 372 g/mol. The molecule has 0 saturated heterocycles. The smallest absolute Gasteiger partial charge is 0.239 e. The highest BCUT2D eigenvalue weighted by Crippen LogP contribution is 2.16. The molecule has 134 valence electrons. The molecule has 0 aliphatic heterocycles. The van der Waals surface area contributed by atoms with E-state index in [1.165, 1.54) is 12.1 Å². The Bertz CT molecular complexity index is 871. The summed E-state index contributed by atoms with van der Waals surface area (Å²) in [5.74, 6) is -2.91. The Morgan fingerprint density at radius 2 is 1.64 bits per heavy atom. The van der Waals surface area contributed by atoms with Gasteiger partial charge in [0.25, 0.3) is 0 Å². The second-order valence-corrected chi connectivity index (χ2v) is 7.31. The summed E-state index contributed by atoms with van der Waals surface area (Å²) < 4.78 is 64.1. The Hall–Kier alpha value is -2.39. The van der Waals surface area contributed by atoms with E-state index in [0.29, 0.717) is 5.56 Å². The van der Waals surface area contributed by atoms with Crippen molar-refractivity contribution in [3.05, 3.63) is 65.5 Å². The highest BCUT2D eigenvalue weighted by Gasteiger charge is 2.21. The molecule has 5 nitrogen and oxygen atoms in total. The van der Waals surface area contributed by atoms with Gasteiger partial charge in [0, 0.05) is 12.6 Å². The zero-order chi connectivity index (χ0) is 18.6. The summed E-state index contributed by atoms with van der Waals surface area (Å²) in [6.45, 7) is -0.773. The van der Waals surface area contributed by atoms with Crippen molar-refractivity contribution in [3.8, 4) is 0 Å². The maximum Gasteiger partial charge on any atom is 0.239 e. The lowest BCUT2D eigenvalue weighted by Crippen LogP contribution is -2.37. The number of rotatable bonds is 6. The highest BCUT2D eigenvalue weighted by molar-refractivity contribution is 7.88. The molecule has 0 aromatic heterocycles. The molecule has 0 radical (unpaired) electrons. The van der Waals surface area contributed by atoms with Crippen molar-refractivity contribution in [1.29, 1.82) is 0 Å². The van der Waals surface area contributed by atoms with Gasteiger partial charge in [0.1, 0.15) is 17.5 Å². The molecule has 1 N–H and O–H groups in total. The monoisotopic (exact) mass is 372 g/mol. The number of sulfonamides is 1. The van der Waals surface area contributed by atoms with Gasteiger partial charge in [0.2, 0.25) is 15.9 Å². The summed E-state index contributed by atoms with van der Waals surface area (Å²) in [6, 6.07) is 7.63. The predicted octanol–water partition coefficient (Wildman–Crippen LogP) is 2.50. The molecule has 0 spiro atoms. The van der Waals surface area contributed by atoms with Gasteiger partial charge in [-0.3, -0.25) is 4.79 Å². The second-order valence-electron chi connectivity index (χ2n) is 5.33. The van der Waals surface area contributed by atoms with Crippen LogP contribution in [0.5, 0.6) is 0 Å². The van der Waals surface area contributed by atoms with Crippen LogP contribution in [0.4, 0.5) is 18.9 Å². The van der Waals surface area contributed by atoms with Crippen LogP contribution in [0.2, 0.25) is 0 Å². The molecule has 25 heavy (non-hydrogen) atoms. The Labute approximate surface area is 143 Å². The third kappa shape index (κ3) is 5.57. The van der Waals surface area contributed by atoms with E-state index in [1.807, 2.05) is 0 Å². The summed E-state index contributed by atoms with van der Waals surface area (Å²) in [7, 11) is -3.77. The molecule has 0 heterocycles. The normalized spacial score (nSPS) is 11.6. The van der Waals surface area contributed by atoms with E-state index in [0.717, 1.165) is 40.9 Å². The van der Waals surface area contributed by atoms with E-state index in [-0.39, 0.29) is 12.2 Å².